The van der Waals surface area contributed by atoms with E-state index in [9.17, 15) is 14.7 Å². The van der Waals surface area contributed by atoms with Crippen LogP contribution in [0.5, 0.6) is 0 Å². The lowest BCUT2D eigenvalue weighted by atomic mass is 9.46. The molecule has 4 aliphatic rings. The highest BCUT2D eigenvalue weighted by atomic mass is 16.3. The van der Waals surface area contributed by atoms with E-state index in [4.69, 9.17) is 0 Å². The SMILES string of the molecule is C[C@]12CCC(=O)C=C1CC[C@@H]1[C@H]2[C@H](O)C[C@]2(C)C(=O)CC[C@H]12. The molecule has 3 nitrogen and oxygen atoms in total. The second-order valence-corrected chi connectivity index (χ2v) is 8.54. The van der Waals surface area contributed by atoms with Crippen LogP contribution in [-0.4, -0.2) is 22.8 Å². The molecule has 4 rings (SSSR count). The molecule has 0 aromatic heterocycles. The van der Waals surface area contributed by atoms with Crippen molar-refractivity contribution in [2.24, 2.45) is 28.6 Å². The zero-order chi connectivity index (χ0) is 15.7. The minimum atomic E-state index is -0.407. The molecule has 120 valence electrons. The van der Waals surface area contributed by atoms with Gasteiger partial charge in [0.25, 0.3) is 0 Å². The zero-order valence-corrected chi connectivity index (χ0v) is 13.6. The summed E-state index contributed by atoms with van der Waals surface area (Å²) in [6.07, 6.45) is 7.24. The van der Waals surface area contributed by atoms with Crippen molar-refractivity contribution in [1.82, 2.24) is 0 Å². The van der Waals surface area contributed by atoms with E-state index in [0.717, 1.165) is 25.7 Å². The molecule has 3 fully saturated rings. The Morgan fingerprint density at radius 1 is 1.09 bits per heavy atom. The fourth-order valence-corrected chi connectivity index (χ4v) is 6.46. The summed E-state index contributed by atoms with van der Waals surface area (Å²) in [7, 11) is 0. The van der Waals surface area contributed by atoms with E-state index in [1.807, 2.05) is 6.08 Å². The summed E-state index contributed by atoms with van der Waals surface area (Å²) in [6, 6.07) is 0. The van der Waals surface area contributed by atoms with Crippen molar-refractivity contribution in [2.75, 3.05) is 0 Å². The average Bonchev–Trinajstić information content (AvgIpc) is 2.75. The molecule has 0 aliphatic heterocycles. The van der Waals surface area contributed by atoms with Gasteiger partial charge in [-0.25, -0.2) is 0 Å². The Morgan fingerprint density at radius 3 is 2.64 bits per heavy atom. The normalized spacial score (nSPS) is 51.0. The average molecular weight is 302 g/mol. The summed E-state index contributed by atoms with van der Waals surface area (Å²) in [5.41, 5.74) is 0.920. The topological polar surface area (TPSA) is 54.4 Å². The monoisotopic (exact) mass is 302 g/mol. The van der Waals surface area contributed by atoms with Gasteiger partial charge in [0.2, 0.25) is 0 Å². The lowest BCUT2D eigenvalue weighted by Gasteiger charge is -2.58. The van der Waals surface area contributed by atoms with Gasteiger partial charge in [-0.3, -0.25) is 9.59 Å². The van der Waals surface area contributed by atoms with Crippen LogP contribution in [0.15, 0.2) is 11.6 Å². The fourth-order valence-electron chi connectivity index (χ4n) is 6.46. The van der Waals surface area contributed by atoms with E-state index in [2.05, 4.69) is 13.8 Å². The molecule has 3 heteroatoms. The Morgan fingerprint density at radius 2 is 1.86 bits per heavy atom. The summed E-state index contributed by atoms with van der Waals surface area (Å²) < 4.78 is 0. The van der Waals surface area contributed by atoms with Gasteiger partial charge < -0.3 is 5.11 Å². The predicted octanol–water partition coefficient (Wildman–Crippen LogP) is 3.06. The molecule has 0 spiro atoms. The van der Waals surface area contributed by atoms with Gasteiger partial charge in [-0.1, -0.05) is 19.4 Å². The molecule has 0 aromatic rings. The largest absolute Gasteiger partial charge is 0.393 e. The molecule has 0 saturated heterocycles. The van der Waals surface area contributed by atoms with Crippen molar-refractivity contribution in [3.8, 4) is 0 Å². The third-order valence-corrected chi connectivity index (χ3v) is 7.61. The Kier molecular flexibility index (Phi) is 3.01. The number of allylic oxidation sites excluding steroid dienone is 1. The van der Waals surface area contributed by atoms with Gasteiger partial charge in [0.05, 0.1) is 6.10 Å². The second kappa shape index (κ2) is 4.53. The number of aliphatic hydroxyl groups is 1. The number of aliphatic hydroxyl groups excluding tert-OH is 1. The second-order valence-electron chi connectivity index (χ2n) is 8.54. The maximum absolute atomic E-state index is 12.4. The van der Waals surface area contributed by atoms with Crippen LogP contribution in [0.2, 0.25) is 0 Å². The predicted molar refractivity (Wildman–Crippen MR) is 83.1 cm³/mol. The Labute approximate surface area is 132 Å². The number of hydrogen-bond donors (Lipinski definition) is 1. The van der Waals surface area contributed by atoms with E-state index in [0.29, 0.717) is 36.9 Å². The van der Waals surface area contributed by atoms with Crippen LogP contribution < -0.4 is 0 Å². The Bertz CT molecular complexity index is 577. The van der Waals surface area contributed by atoms with E-state index < -0.39 is 6.10 Å². The van der Waals surface area contributed by atoms with Crippen LogP contribution in [0.3, 0.4) is 0 Å². The summed E-state index contributed by atoms with van der Waals surface area (Å²) in [4.78, 5) is 24.2. The number of carbonyl (C=O) groups excluding carboxylic acids is 2. The van der Waals surface area contributed by atoms with Crippen LogP contribution in [-0.2, 0) is 9.59 Å². The van der Waals surface area contributed by atoms with Gasteiger partial charge in [-0.05, 0) is 61.3 Å². The van der Waals surface area contributed by atoms with Crippen molar-refractivity contribution < 1.29 is 14.7 Å². The zero-order valence-electron chi connectivity index (χ0n) is 13.6. The third kappa shape index (κ3) is 1.72. The molecule has 6 atom stereocenters. The summed E-state index contributed by atoms with van der Waals surface area (Å²) >= 11 is 0. The number of Topliss-reactive ketones (excluding diaryl/α,β-unsaturated/α-hetero) is 1. The molecule has 3 saturated carbocycles. The standard InChI is InChI=1S/C19H26O3/c1-18-8-7-12(20)9-11(18)3-4-13-14-5-6-16(22)19(14,2)10-15(21)17(13)18/h9,13-15,17,21H,3-8,10H2,1-2H3/t13-,14+,15+,17-,18-,19-/m0/s1. The quantitative estimate of drug-likeness (QED) is 0.748. The number of ketones is 2. The first-order valence-corrected chi connectivity index (χ1v) is 8.81. The first kappa shape index (κ1) is 14.6. The molecule has 0 heterocycles. The maximum atomic E-state index is 12.4. The third-order valence-electron chi connectivity index (χ3n) is 7.61. The molecule has 4 aliphatic carbocycles. The van der Waals surface area contributed by atoms with Gasteiger partial charge in [0.1, 0.15) is 5.78 Å². The highest BCUT2D eigenvalue weighted by molar-refractivity contribution is 5.91. The minimum Gasteiger partial charge on any atom is -0.393 e. The molecule has 0 unspecified atom stereocenters. The van der Waals surface area contributed by atoms with Crippen LogP contribution in [0, 0.1) is 28.6 Å². The van der Waals surface area contributed by atoms with Crippen molar-refractivity contribution in [2.45, 2.75) is 64.9 Å². The lowest BCUT2D eigenvalue weighted by Crippen LogP contribution is -2.56. The fraction of sp³-hybridized carbons (Fsp3) is 0.789. The molecule has 0 radical (unpaired) electrons. The van der Waals surface area contributed by atoms with Crippen LogP contribution in [0.1, 0.15) is 58.8 Å². The van der Waals surface area contributed by atoms with Gasteiger partial charge in [0.15, 0.2) is 5.78 Å². The van der Waals surface area contributed by atoms with Crippen molar-refractivity contribution in [3.05, 3.63) is 11.6 Å². The number of rotatable bonds is 0. The van der Waals surface area contributed by atoms with Crippen LogP contribution >= 0.6 is 0 Å². The number of hydrogen-bond acceptors (Lipinski definition) is 3. The van der Waals surface area contributed by atoms with Gasteiger partial charge >= 0.3 is 0 Å². The highest BCUT2D eigenvalue weighted by Gasteiger charge is 2.61. The molecule has 0 aromatic carbocycles. The van der Waals surface area contributed by atoms with E-state index in [-0.39, 0.29) is 22.5 Å². The molecular weight excluding hydrogens is 276 g/mol. The first-order valence-electron chi connectivity index (χ1n) is 8.81. The van der Waals surface area contributed by atoms with Gasteiger partial charge in [-0.2, -0.15) is 0 Å². The van der Waals surface area contributed by atoms with E-state index >= 15 is 0 Å². The number of fused-ring (bicyclic) bond motifs is 5. The summed E-state index contributed by atoms with van der Waals surface area (Å²) in [5, 5.41) is 10.9. The van der Waals surface area contributed by atoms with Gasteiger partial charge in [0, 0.05) is 18.3 Å². The molecular formula is C19H26O3. The highest BCUT2D eigenvalue weighted by Crippen LogP contribution is 2.64. The van der Waals surface area contributed by atoms with Crippen molar-refractivity contribution in [1.29, 1.82) is 0 Å². The van der Waals surface area contributed by atoms with E-state index in [1.165, 1.54) is 5.57 Å². The van der Waals surface area contributed by atoms with Crippen molar-refractivity contribution >= 4 is 11.6 Å². The van der Waals surface area contributed by atoms with E-state index in [1.54, 1.807) is 0 Å². The van der Waals surface area contributed by atoms with Gasteiger partial charge in [-0.15, -0.1) is 0 Å². The Balaban J connectivity index is 1.75. The molecule has 0 amide bonds. The summed E-state index contributed by atoms with van der Waals surface area (Å²) in [5.74, 6) is 1.71. The molecule has 22 heavy (non-hydrogen) atoms. The lowest BCUT2D eigenvalue weighted by molar-refractivity contribution is -0.147. The molecule has 0 bridgehead atoms. The minimum absolute atomic E-state index is 0.0385. The Hall–Kier alpha value is -0.960. The smallest absolute Gasteiger partial charge is 0.155 e. The molecule has 1 N–H and O–H groups in total. The summed E-state index contributed by atoms with van der Waals surface area (Å²) in [6.45, 7) is 4.34. The maximum Gasteiger partial charge on any atom is 0.155 e. The van der Waals surface area contributed by atoms with Crippen LogP contribution in [0.25, 0.3) is 0 Å². The van der Waals surface area contributed by atoms with Crippen LogP contribution in [0.4, 0.5) is 0 Å². The first-order chi connectivity index (χ1) is 10.4. The number of carbonyl (C=O) groups is 2. The van der Waals surface area contributed by atoms with Crippen molar-refractivity contribution in [3.63, 3.8) is 0 Å².